The molecule has 0 fully saturated rings. The quantitative estimate of drug-likeness (QED) is 0.318. The van der Waals surface area contributed by atoms with E-state index in [1.165, 1.54) is 51.4 Å². The fraction of sp³-hybridized carbons (Fsp3) is 0.625. The number of hydrogen-bond donors (Lipinski definition) is 1. The molecule has 0 aliphatic heterocycles. The van der Waals surface area contributed by atoms with Crippen LogP contribution in [-0.4, -0.2) is 5.75 Å². The first-order valence-corrected chi connectivity index (χ1v) is 8.79. The van der Waals surface area contributed by atoms with Crippen LogP contribution in [0, 0.1) is 0 Å². The second kappa shape index (κ2) is 10.4. The van der Waals surface area contributed by atoms with Gasteiger partial charge in [-0.15, -0.1) is 11.8 Å². The van der Waals surface area contributed by atoms with Gasteiger partial charge >= 0.3 is 0 Å². The van der Waals surface area contributed by atoms with Gasteiger partial charge in [0.05, 0.1) is 5.02 Å². The predicted octanol–water partition coefficient (Wildman–Crippen LogP) is 6.16. The third-order valence-corrected chi connectivity index (χ3v) is 4.91. The van der Waals surface area contributed by atoms with E-state index in [-0.39, 0.29) is 0 Å². The normalized spacial score (nSPS) is 10.8. The number of thioether (sulfide) groups is 1. The molecular formula is C16H26ClNS. The van der Waals surface area contributed by atoms with E-state index in [2.05, 4.69) is 6.92 Å². The summed E-state index contributed by atoms with van der Waals surface area (Å²) < 4.78 is 0. The topological polar surface area (TPSA) is 26.0 Å². The first kappa shape index (κ1) is 16.7. The minimum Gasteiger partial charge on any atom is -0.398 e. The van der Waals surface area contributed by atoms with Crippen LogP contribution in [0.1, 0.15) is 58.3 Å². The number of unbranched alkanes of at least 4 members (excludes halogenated alkanes) is 7. The highest BCUT2D eigenvalue weighted by molar-refractivity contribution is 7.99. The summed E-state index contributed by atoms with van der Waals surface area (Å²) in [5.74, 6) is 1.11. The Labute approximate surface area is 127 Å². The largest absolute Gasteiger partial charge is 0.398 e. The number of nitrogen functional groups attached to an aromatic ring is 1. The Morgan fingerprint density at radius 3 is 2.26 bits per heavy atom. The van der Waals surface area contributed by atoms with Gasteiger partial charge in [-0.05, 0) is 24.3 Å². The summed E-state index contributed by atoms with van der Waals surface area (Å²) in [6.45, 7) is 2.26. The van der Waals surface area contributed by atoms with Crippen LogP contribution in [0.2, 0.25) is 5.02 Å². The number of nitrogens with two attached hydrogens (primary N) is 1. The standard InChI is InChI=1S/C16H26ClNS/c1-2-3-4-5-6-7-8-9-13-19-16-14(17)11-10-12-15(16)18/h10-12H,2-9,13,18H2,1H3. The van der Waals surface area contributed by atoms with Gasteiger partial charge in [-0.1, -0.05) is 69.5 Å². The molecule has 2 N–H and O–H groups in total. The molecule has 0 saturated heterocycles. The van der Waals surface area contributed by atoms with E-state index in [0.29, 0.717) is 0 Å². The maximum Gasteiger partial charge on any atom is 0.0562 e. The number of anilines is 1. The molecule has 19 heavy (non-hydrogen) atoms. The van der Waals surface area contributed by atoms with E-state index in [9.17, 15) is 0 Å². The smallest absolute Gasteiger partial charge is 0.0562 e. The monoisotopic (exact) mass is 299 g/mol. The first-order valence-electron chi connectivity index (χ1n) is 7.42. The molecule has 0 bridgehead atoms. The Balaban J connectivity index is 2.05. The van der Waals surface area contributed by atoms with Crippen LogP contribution in [0.25, 0.3) is 0 Å². The molecule has 108 valence electrons. The fourth-order valence-corrected chi connectivity index (χ4v) is 3.43. The van der Waals surface area contributed by atoms with E-state index in [0.717, 1.165) is 21.4 Å². The summed E-state index contributed by atoms with van der Waals surface area (Å²) in [7, 11) is 0. The molecule has 3 heteroatoms. The lowest BCUT2D eigenvalue weighted by Crippen LogP contribution is -1.90. The van der Waals surface area contributed by atoms with Crippen molar-refractivity contribution in [3.05, 3.63) is 23.2 Å². The number of hydrogen-bond acceptors (Lipinski definition) is 2. The van der Waals surface area contributed by atoms with Crippen molar-refractivity contribution >= 4 is 29.1 Å². The van der Waals surface area contributed by atoms with Crippen LogP contribution in [0.5, 0.6) is 0 Å². The molecule has 1 nitrogen and oxygen atoms in total. The van der Waals surface area contributed by atoms with Crippen molar-refractivity contribution < 1.29 is 0 Å². The molecule has 0 saturated carbocycles. The minimum atomic E-state index is 0.782. The van der Waals surface area contributed by atoms with E-state index in [1.807, 2.05) is 18.2 Å². The predicted molar refractivity (Wildman–Crippen MR) is 89.2 cm³/mol. The highest BCUT2D eigenvalue weighted by Gasteiger charge is 2.04. The average molecular weight is 300 g/mol. The van der Waals surface area contributed by atoms with Gasteiger partial charge in [-0.25, -0.2) is 0 Å². The van der Waals surface area contributed by atoms with Crippen LogP contribution in [0.15, 0.2) is 23.1 Å². The summed E-state index contributed by atoms with van der Waals surface area (Å²) in [6, 6.07) is 5.73. The van der Waals surface area contributed by atoms with Gasteiger partial charge in [0, 0.05) is 10.6 Å². The molecule has 0 aliphatic rings. The Morgan fingerprint density at radius 1 is 1.00 bits per heavy atom. The van der Waals surface area contributed by atoms with Gasteiger partial charge < -0.3 is 5.73 Å². The second-order valence-corrected chi connectivity index (χ2v) is 6.49. The third kappa shape index (κ3) is 7.12. The Kier molecular flexibility index (Phi) is 9.19. The SMILES string of the molecule is CCCCCCCCCCSc1c(N)cccc1Cl. The molecule has 0 amide bonds. The maximum atomic E-state index is 6.14. The lowest BCUT2D eigenvalue weighted by molar-refractivity contribution is 0.586. The lowest BCUT2D eigenvalue weighted by atomic mass is 10.1. The highest BCUT2D eigenvalue weighted by Crippen LogP contribution is 2.32. The Hall–Kier alpha value is -0.340. The van der Waals surface area contributed by atoms with Gasteiger partial charge in [0.25, 0.3) is 0 Å². The van der Waals surface area contributed by atoms with E-state index < -0.39 is 0 Å². The number of rotatable bonds is 10. The van der Waals surface area contributed by atoms with E-state index >= 15 is 0 Å². The molecule has 1 aromatic rings. The van der Waals surface area contributed by atoms with Crippen LogP contribution < -0.4 is 5.73 Å². The van der Waals surface area contributed by atoms with Crippen molar-refractivity contribution in [2.45, 2.75) is 63.2 Å². The van der Waals surface area contributed by atoms with Crippen LogP contribution in [0.4, 0.5) is 5.69 Å². The summed E-state index contributed by atoms with van der Waals surface area (Å²) in [5.41, 5.74) is 6.73. The van der Waals surface area contributed by atoms with Gasteiger partial charge in [0.2, 0.25) is 0 Å². The van der Waals surface area contributed by atoms with E-state index in [1.54, 1.807) is 11.8 Å². The molecule has 0 aromatic heterocycles. The van der Waals surface area contributed by atoms with Gasteiger partial charge in [-0.2, -0.15) is 0 Å². The van der Waals surface area contributed by atoms with Crippen molar-refractivity contribution in [1.82, 2.24) is 0 Å². The Bertz CT molecular complexity index is 334. The molecule has 1 aromatic carbocycles. The molecule has 0 radical (unpaired) electrons. The average Bonchev–Trinajstić information content (AvgIpc) is 2.40. The van der Waals surface area contributed by atoms with Crippen LogP contribution >= 0.6 is 23.4 Å². The molecular weight excluding hydrogens is 274 g/mol. The zero-order chi connectivity index (χ0) is 13.9. The molecule has 0 atom stereocenters. The molecule has 0 spiro atoms. The molecule has 0 unspecified atom stereocenters. The van der Waals surface area contributed by atoms with Crippen molar-refractivity contribution in [3.63, 3.8) is 0 Å². The van der Waals surface area contributed by atoms with Crippen molar-refractivity contribution in [3.8, 4) is 0 Å². The van der Waals surface area contributed by atoms with Gasteiger partial charge in [0.15, 0.2) is 0 Å². The minimum absolute atomic E-state index is 0.782. The summed E-state index contributed by atoms with van der Waals surface area (Å²) >= 11 is 7.93. The summed E-state index contributed by atoms with van der Waals surface area (Å²) in [6.07, 6.45) is 10.9. The lowest BCUT2D eigenvalue weighted by Gasteiger charge is -2.07. The number of benzene rings is 1. The summed E-state index contributed by atoms with van der Waals surface area (Å²) in [4.78, 5) is 1.05. The molecule has 0 heterocycles. The highest BCUT2D eigenvalue weighted by atomic mass is 35.5. The Morgan fingerprint density at radius 2 is 1.63 bits per heavy atom. The summed E-state index contributed by atoms with van der Waals surface area (Å²) in [5, 5.41) is 0.782. The number of halogens is 1. The zero-order valence-electron chi connectivity index (χ0n) is 12.0. The fourth-order valence-electron chi connectivity index (χ4n) is 2.09. The van der Waals surface area contributed by atoms with Crippen molar-refractivity contribution in [2.24, 2.45) is 0 Å². The first-order chi connectivity index (χ1) is 9.25. The second-order valence-electron chi connectivity index (χ2n) is 4.98. The maximum absolute atomic E-state index is 6.14. The van der Waals surface area contributed by atoms with Crippen LogP contribution in [0.3, 0.4) is 0 Å². The zero-order valence-corrected chi connectivity index (χ0v) is 13.5. The van der Waals surface area contributed by atoms with Crippen molar-refractivity contribution in [1.29, 1.82) is 0 Å². The third-order valence-electron chi connectivity index (χ3n) is 3.24. The van der Waals surface area contributed by atoms with Crippen molar-refractivity contribution in [2.75, 3.05) is 11.5 Å². The van der Waals surface area contributed by atoms with Gasteiger partial charge in [0.1, 0.15) is 0 Å². The van der Waals surface area contributed by atoms with Gasteiger partial charge in [-0.3, -0.25) is 0 Å². The molecule has 0 aliphatic carbocycles. The van der Waals surface area contributed by atoms with Crippen LogP contribution in [-0.2, 0) is 0 Å². The molecule has 1 rings (SSSR count). The van der Waals surface area contributed by atoms with E-state index in [4.69, 9.17) is 17.3 Å².